The molecule has 1 aromatic heterocycles. The molecule has 4 rings (SSSR count). The molecule has 1 aromatic carbocycles. The van der Waals surface area contributed by atoms with E-state index in [1.54, 1.807) is 10.6 Å². The summed E-state index contributed by atoms with van der Waals surface area (Å²) in [6.07, 6.45) is 1.50. The van der Waals surface area contributed by atoms with Crippen molar-refractivity contribution in [3.05, 3.63) is 34.6 Å². The third-order valence-corrected chi connectivity index (χ3v) is 6.16. The Morgan fingerprint density at radius 1 is 1.11 bits per heavy atom. The summed E-state index contributed by atoms with van der Waals surface area (Å²) in [5.74, 6) is -0.220. The minimum atomic E-state index is -0.288. The molecule has 144 valence electrons. The number of hydrogen-bond acceptors (Lipinski definition) is 7. The zero-order valence-electron chi connectivity index (χ0n) is 15.1. The van der Waals surface area contributed by atoms with Crippen molar-refractivity contribution in [3.8, 4) is 0 Å². The Morgan fingerprint density at radius 2 is 1.93 bits per heavy atom. The van der Waals surface area contributed by atoms with Gasteiger partial charge >= 0.3 is 5.97 Å². The maximum Gasteiger partial charge on any atom is 0.319 e. The molecule has 27 heavy (non-hydrogen) atoms. The Bertz CT molecular complexity index is 879. The van der Waals surface area contributed by atoms with E-state index in [0.717, 1.165) is 39.3 Å². The van der Waals surface area contributed by atoms with Gasteiger partial charge in [-0.3, -0.25) is 19.1 Å². The number of carbonyl (C=O) groups is 1. The highest BCUT2D eigenvalue weighted by Gasteiger charge is 2.29. The molecule has 2 aliphatic rings. The summed E-state index contributed by atoms with van der Waals surface area (Å²) in [4.78, 5) is 32.0. The molecule has 0 spiro atoms. The molecule has 2 aromatic rings. The fourth-order valence-corrected chi connectivity index (χ4v) is 4.51. The number of ether oxygens (including phenoxy) is 2. The lowest BCUT2D eigenvalue weighted by Crippen LogP contribution is -2.37. The van der Waals surface area contributed by atoms with Crippen molar-refractivity contribution >= 4 is 28.6 Å². The minimum absolute atomic E-state index is 0.0450. The molecule has 2 aliphatic heterocycles. The van der Waals surface area contributed by atoms with Crippen LogP contribution in [0.4, 0.5) is 0 Å². The van der Waals surface area contributed by atoms with Crippen molar-refractivity contribution in [2.45, 2.75) is 29.8 Å². The van der Waals surface area contributed by atoms with Gasteiger partial charge in [-0.2, -0.15) is 0 Å². The van der Waals surface area contributed by atoms with Crippen molar-refractivity contribution in [3.63, 3.8) is 0 Å². The molecular weight excluding hydrogens is 366 g/mol. The number of aromatic nitrogens is 2. The fraction of sp³-hybridized carbons (Fsp3) is 0.526. The number of fused-ring (bicyclic) bond motifs is 1. The Kier molecular flexibility index (Phi) is 5.75. The Balaban J connectivity index is 1.57. The van der Waals surface area contributed by atoms with Gasteiger partial charge in [0.15, 0.2) is 5.16 Å². The highest BCUT2D eigenvalue weighted by atomic mass is 32.2. The lowest BCUT2D eigenvalue weighted by Gasteiger charge is -2.26. The molecule has 0 amide bonds. The zero-order valence-corrected chi connectivity index (χ0v) is 16.0. The maximum absolute atomic E-state index is 13.0. The van der Waals surface area contributed by atoms with E-state index in [1.165, 1.54) is 11.8 Å². The van der Waals surface area contributed by atoms with Crippen molar-refractivity contribution in [2.75, 3.05) is 39.5 Å². The topological polar surface area (TPSA) is 73.7 Å². The van der Waals surface area contributed by atoms with Gasteiger partial charge in [-0.1, -0.05) is 23.9 Å². The lowest BCUT2D eigenvalue weighted by molar-refractivity contribution is -0.137. The van der Waals surface area contributed by atoms with E-state index < -0.39 is 0 Å². The van der Waals surface area contributed by atoms with Crippen LogP contribution in [0.3, 0.4) is 0 Å². The van der Waals surface area contributed by atoms with Crippen LogP contribution in [0.25, 0.3) is 10.9 Å². The molecule has 2 saturated heterocycles. The summed E-state index contributed by atoms with van der Waals surface area (Å²) in [7, 11) is 0. The molecule has 1 atom stereocenters. The Labute approximate surface area is 161 Å². The largest absolute Gasteiger partial charge is 0.465 e. The number of rotatable bonds is 6. The van der Waals surface area contributed by atoms with E-state index in [1.807, 2.05) is 18.2 Å². The first-order chi connectivity index (χ1) is 13.2. The summed E-state index contributed by atoms with van der Waals surface area (Å²) in [6, 6.07) is 7.37. The second-order valence-electron chi connectivity index (χ2n) is 6.74. The predicted octanol–water partition coefficient (Wildman–Crippen LogP) is 1.53. The number of nitrogens with zero attached hydrogens (tertiary/aromatic N) is 3. The molecule has 0 N–H and O–H groups in total. The molecular formula is C19H23N3O4S. The van der Waals surface area contributed by atoms with Crippen LogP contribution in [0, 0.1) is 0 Å². The SMILES string of the molecule is O=C1OCC[C@@H]1Sc1nc2ccccc2c(=O)n1CCCN1CCOCC1. The van der Waals surface area contributed by atoms with Gasteiger partial charge < -0.3 is 9.47 Å². The molecule has 0 saturated carbocycles. The first-order valence-electron chi connectivity index (χ1n) is 9.35. The molecule has 2 fully saturated rings. The smallest absolute Gasteiger partial charge is 0.319 e. The summed E-state index contributed by atoms with van der Waals surface area (Å²) < 4.78 is 12.2. The average molecular weight is 389 g/mol. The number of hydrogen-bond donors (Lipinski definition) is 0. The summed E-state index contributed by atoms with van der Waals surface area (Å²) in [5, 5.41) is 0.926. The van der Waals surface area contributed by atoms with Gasteiger partial charge in [-0.25, -0.2) is 4.98 Å². The highest BCUT2D eigenvalue weighted by molar-refractivity contribution is 8.00. The van der Waals surface area contributed by atoms with Crippen molar-refractivity contribution < 1.29 is 14.3 Å². The number of cyclic esters (lactones) is 1. The number of morpholine rings is 1. The summed E-state index contributed by atoms with van der Waals surface area (Å²) in [6.45, 7) is 5.33. The molecule has 0 unspecified atom stereocenters. The van der Waals surface area contributed by atoms with Crippen molar-refractivity contribution in [1.82, 2.24) is 14.5 Å². The summed E-state index contributed by atoms with van der Waals surface area (Å²) in [5.41, 5.74) is 0.622. The third-order valence-electron chi connectivity index (χ3n) is 4.92. The first-order valence-corrected chi connectivity index (χ1v) is 10.2. The predicted molar refractivity (Wildman–Crippen MR) is 103 cm³/mol. The molecule has 0 aliphatic carbocycles. The number of para-hydroxylation sites is 1. The molecule has 8 heteroatoms. The van der Waals surface area contributed by atoms with Crippen molar-refractivity contribution in [1.29, 1.82) is 0 Å². The van der Waals surface area contributed by atoms with Gasteiger partial charge in [-0.15, -0.1) is 0 Å². The normalized spacial score (nSPS) is 20.9. The monoisotopic (exact) mass is 389 g/mol. The second-order valence-corrected chi connectivity index (χ2v) is 7.91. The maximum atomic E-state index is 13.0. The van der Waals surface area contributed by atoms with Crippen LogP contribution in [0.1, 0.15) is 12.8 Å². The zero-order chi connectivity index (χ0) is 18.6. The van der Waals surface area contributed by atoms with Gasteiger partial charge in [-0.05, 0) is 18.6 Å². The van der Waals surface area contributed by atoms with Gasteiger partial charge in [0.05, 0.1) is 30.7 Å². The Morgan fingerprint density at radius 3 is 2.70 bits per heavy atom. The fourth-order valence-electron chi connectivity index (χ4n) is 3.42. The number of thioether (sulfide) groups is 1. The quantitative estimate of drug-likeness (QED) is 0.548. The lowest BCUT2D eigenvalue weighted by atomic mass is 10.2. The highest BCUT2D eigenvalue weighted by Crippen LogP contribution is 2.28. The number of esters is 1. The number of benzene rings is 1. The van der Waals surface area contributed by atoms with Gasteiger partial charge in [0.1, 0.15) is 5.25 Å². The van der Waals surface area contributed by atoms with Crippen LogP contribution >= 0.6 is 11.8 Å². The summed E-state index contributed by atoms with van der Waals surface area (Å²) >= 11 is 1.34. The van der Waals surface area contributed by atoms with Crippen LogP contribution in [0.5, 0.6) is 0 Å². The third kappa shape index (κ3) is 4.17. The molecule has 7 nitrogen and oxygen atoms in total. The van der Waals surface area contributed by atoms with Gasteiger partial charge in [0.2, 0.25) is 0 Å². The van der Waals surface area contributed by atoms with E-state index in [0.29, 0.717) is 35.6 Å². The van der Waals surface area contributed by atoms with Crippen LogP contribution in [-0.4, -0.2) is 65.1 Å². The van der Waals surface area contributed by atoms with E-state index in [4.69, 9.17) is 9.47 Å². The van der Waals surface area contributed by atoms with E-state index in [9.17, 15) is 9.59 Å². The van der Waals surface area contributed by atoms with Crippen molar-refractivity contribution in [2.24, 2.45) is 0 Å². The molecule has 0 radical (unpaired) electrons. The van der Waals surface area contributed by atoms with Gasteiger partial charge in [0, 0.05) is 32.6 Å². The van der Waals surface area contributed by atoms with Crippen LogP contribution in [-0.2, 0) is 20.8 Å². The van der Waals surface area contributed by atoms with Crippen LogP contribution in [0.2, 0.25) is 0 Å². The second kappa shape index (κ2) is 8.41. The average Bonchev–Trinajstić information content (AvgIpc) is 3.10. The first kappa shape index (κ1) is 18.5. The minimum Gasteiger partial charge on any atom is -0.465 e. The van der Waals surface area contributed by atoms with Crippen LogP contribution < -0.4 is 5.56 Å². The molecule has 0 bridgehead atoms. The van der Waals surface area contributed by atoms with E-state index in [-0.39, 0.29) is 16.8 Å². The van der Waals surface area contributed by atoms with Crippen LogP contribution in [0.15, 0.2) is 34.2 Å². The molecule has 3 heterocycles. The van der Waals surface area contributed by atoms with E-state index in [2.05, 4.69) is 9.88 Å². The van der Waals surface area contributed by atoms with E-state index >= 15 is 0 Å². The number of carbonyl (C=O) groups excluding carboxylic acids is 1. The Hall–Kier alpha value is -1.90. The van der Waals surface area contributed by atoms with Gasteiger partial charge in [0.25, 0.3) is 5.56 Å². The standard InChI is InChI=1S/C19H23N3O4S/c23-17-14-4-1-2-5-15(14)20-19(27-16-6-11-26-18(16)24)22(17)8-3-7-21-9-12-25-13-10-21/h1-2,4-5,16H,3,6-13H2/t16-/m0/s1.